The maximum Gasteiger partial charge on any atom is 0.0816 e. The molecule has 1 aliphatic heterocycles. The van der Waals surface area contributed by atoms with Crippen LogP contribution in [0.3, 0.4) is 0 Å². The van der Waals surface area contributed by atoms with Crippen molar-refractivity contribution in [3.8, 4) is 0 Å². The van der Waals surface area contributed by atoms with E-state index in [0.29, 0.717) is 10.9 Å². The highest BCUT2D eigenvalue weighted by Crippen LogP contribution is 2.43. The Balaban J connectivity index is 1.94. The Bertz CT molecular complexity index is 779. The van der Waals surface area contributed by atoms with Gasteiger partial charge in [0.15, 0.2) is 0 Å². The van der Waals surface area contributed by atoms with Crippen LogP contribution < -0.4 is 4.90 Å². The summed E-state index contributed by atoms with van der Waals surface area (Å²) in [5.41, 5.74) is 4.94. The number of rotatable bonds is 4. The maximum atomic E-state index is 6.19. The van der Waals surface area contributed by atoms with Crippen molar-refractivity contribution in [1.29, 1.82) is 0 Å². The van der Waals surface area contributed by atoms with Crippen molar-refractivity contribution in [3.63, 3.8) is 0 Å². The normalized spacial score (nSPS) is 19.2. The minimum absolute atomic E-state index is 0.204. The molecule has 2 aromatic carbocycles. The first-order valence-electron chi connectivity index (χ1n) is 9.12. The van der Waals surface area contributed by atoms with Crippen LogP contribution in [0.25, 0.3) is 0 Å². The number of aliphatic imine (C=N–C) groups is 1. The average molecular weight is 355 g/mol. The van der Waals surface area contributed by atoms with Gasteiger partial charge in [0.2, 0.25) is 0 Å². The van der Waals surface area contributed by atoms with Crippen LogP contribution in [0.15, 0.2) is 47.5 Å². The molecule has 1 atom stereocenters. The molecule has 0 aromatic heterocycles. The van der Waals surface area contributed by atoms with Gasteiger partial charge in [-0.25, -0.2) is 0 Å². The Morgan fingerprint density at radius 1 is 1.24 bits per heavy atom. The summed E-state index contributed by atoms with van der Waals surface area (Å²) >= 11 is 6.19. The molecule has 0 aliphatic carbocycles. The van der Waals surface area contributed by atoms with Gasteiger partial charge in [0, 0.05) is 24.0 Å². The van der Waals surface area contributed by atoms with Crippen LogP contribution in [0.2, 0.25) is 5.02 Å². The van der Waals surface area contributed by atoms with Crippen LogP contribution in [-0.4, -0.2) is 18.3 Å². The molecule has 132 valence electrons. The summed E-state index contributed by atoms with van der Waals surface area (Å²) in [6.45, 7) is 10.4. The predicted molar refractivity (Wildman–Crippen MR) is 110 cm³/mol. The van der Waals surface area contributed by atoms with Crippen molar-refractivity contribution in [2.75, 3.05) is 11.4 Å². The van der Waals surface area contributed by atoms with E-state index in [1.807, 2.05) is 30.5 Å². The molecule has 0 amide bonds. The first-order chi connectivity index (χ1) is 11.9. The molecule has 1 heterocycles. The third-order valence-electron chi connectivity index (χ3n) is 5.06. The van der Waals surface area contributed by atoms with E-state index >= 15 is 0 Å². The minimum atomic E-state index is 0.204. The zero-order valence-electron chi connectivity index (χ0n) is 15.6. The number of nitrogens with zero attached hydrogens (tertiary/aromatic N) is 2. The van der Waals surface area contributed by atoms with E-state index in [9.17, 15) is 0 Å². The summed E-state index contributed by atoms with van der Waals surface area (Å²) in [6, 6.07) is 14.4. The summed E-state index contributed by atoms with van der Waals surface area (Å²) < 4.78 is 0. The molecule has 3 heteroatoms. The van der Waals surface area contributed by atoms with Gasteiger partial charge in [-0.05, 0) is 68.0 Å². The lowest BCUT2D eigenvalue weighted by molar-refractivity contribution is 0.376. The molecule has 1 unspecified atom stereocenters. The number of halogens is 1. The van der Waals surface area contributed by atoms with Gasteiger partial charge in [-0.15, -0.1) is 0 Å². The van der Waals surface area contributed by atoms with Gasteiger partial charge < -0.3 is 4.90 Å². The Kier molecular flexibility index (Phi) is 5.19. The van der Waals surface area contributed by atoms with Crippen molar-refractivity contribution in [3.05, 3.63) is 58.6 Å². The molecule has 2 nitrogen and oxygen atoms in total. The van der Waals surface area contributed by atoms with Crippen LogP contribution >= 0.6 is 11.6 Å². The lowest BCUT2D eigenvalue weighted by Crippen LogP contribution is -2.48. The van der Waals surface area contributed by atoms with E-state index in [2.05, 4.69) is 55.8 Å². The monoisotopic (exact) mass is 354 g/mol. The molecule has 0 spiro atoms. The molecule has 0 N–H and O–H groups in total. The molecule has 0 saturated carbocycles. The fourth-order valence-electron chi connectivity index (χ4n) is 3.94. The summed E-state index contributed by atoms with van der Waals surface area (Å²) in [4.78, 5) is 7.13. The Morgan fingerprint density at radius 2 is 2.00 bits per heavy atom. The number of anilines is 1. The van der Waals surface area contributed by atoms with E-state index < -0.39 is 0 Å². The second kappa shape index (κ2) is 7.21. The average Bonchev–Trinajstić information content (AvgIpc) is 2.57. The lowest BCUT2D eigenvalue weighted by Gasteiger charge is -2.47. The molecule has 0 radical (unpaired) electrons. The van der Waals surface area contributed by atoms with Crippen molar-refractivity contribution < 1.29 is 0 Å². The van der Waals surface area contributed by atoms with E-state index in [4.69, 9.17) is 11.6 Å². The maximum absolute atomic E-state index is 6.19. The van der Waals surface area contributed by atoms with E-state index in [0.717, 1.165) is 24.2 Å². The van der Waals surface area contributed by atoms with Crippen LogP contribution in [-0.2, 0) is 0 Å². The topological polar surface area (TPSA) is 15.6 Å². The summed E-state index contributed by atoms with van der Waals surface area (Å²) in [5.74, 6) is 0.548. The van der Waals surface area contributed by atoms with Gasteiger partial charge in [-0.3, -0.25) is 4.99 Å². The fourth-order valence-corrected chi connectivity index (χ4v) is 4.12. The zero-order chi connectivity index (χ0) is 18.0. The lowest BCUT2D eigenvalue weighted by atomic mass is 9.79. The second-order valence-corrected chi connectivity index (χ2v) is 8.00. The smallest absolute Gasteiger partial charge is 0.0816 e. The highest BCUT2D eigenvalue weighted by atomic mass is 35.5. The SMILES string of the molecule is CCCN1c2ccc(C=Nc3ccccc3Cl)cc2C(C)CC1(C)C. The third kappa shape index (κ3) is 3.74. The number of para-hydroxylation sites is 1. The summed E-state index contributed by atoms with van der Waals surface area (Å²) in [5, 5.41) is 0.681. The van der Waals surface area contributed by atoms with Crippen molar-refractivity contribution in [1.82, 2.24) is 0 Å². The quantitative estimate of drug-likeness (QED) is 0.565. The predicted octanol–water partition coefficient (Wildman–Crippen LogP) is 6.59. The van der Waals surface area contributed by atoms with Gasteiger partial charge >= 0.3 is 0 Å². The Morgan fingerprint density at radius 3 is 2.72 bits per heavy atom. The number of benzene rings is 2. The second-order valence-electron chi connectivity index (χ2n) is 7.60. The van der Waals surface area contributed by atoms with Crippen molar-refractivity contribution >= 4 is 29.2 Å². The number of fused-ring (bicyclic) bond motifs is 1. The molecular formula is C22H27ClN2. The Labute approximate surface area is 156 Å². The third-order valence-corrected chi connectivity index (χ3v) is 5.38. The first-order valence-corrected chi connectivity index (χ1v) is 9.50. The molecule has 0 fully saturated rings. The Hall–Kier alpha value is -1.80. The van der Waals surface area contributed by atoms with Crippen LogP contribution in [0.5, 0.6) is 0 Å². The van der Waals surface area contributed by atoms with E-state index in [1.54, 1.807) is 0 Å². The number of hydrogen-bond acceptors (Lipinski definition) is 2. The van der Waals surface area contributed by atoms with Crippen LogP contribution in [0, 0.1) is 0 Å². The summed E-state index contributed by atoms with van der Waals surface area (Å²) in [7, 11) is 0. The number of hydrogen-bond donors (Lipinski definition) is 0. The van der Waals surface area contributed by atoms with Gasteiger partial charge in [-0.2, -0.15) is 0 Å². The molecule has 0 saturated heterocycles. The fraction of sp³-hybridized carbons (Fsp3) is 0.409. The minimum Gasteiger partial charge on any atom is -0.366 e. The highest BCUT2D eigenvalue weighted by Gasteiger charge is 2.35. The standard InChI is InChI=1S/C22H27ClN2/c1-5-12-25-21-11-10-17(13-18(21)16(2)14-22(25,3)4)15-24-20-9-7-6-8-19(20)23/h6-11,13,15-16H,5,12,14H2,1-4H3. The first kappa shape index (κ1) is 18.0. The molecule has 1 aliphatic rings. The van der Waals surface area contributed by atoms with E-state index in [-0.39, 0.29) is 5.54 Å². The zero-order valence-corrected chi connectivity index (χ0v) is 16.3. The molecule has 2 aromatic rings. The molecule has 25 heavy (non-hydrogen) atoms. The molecular weight excluding hydrogens is 328 g/mol. The van der Waals surface area contributed by atoms with Gasteiger partial charge in [0.05, 0.1) is 10.7 Å². The molecule has 0 bridgehead atoms. The highest BCUT2D eigenvalue weighted by molar-refractivity contribution is 6.33. The van der Waals surface area contributed by atoms with Crippen molar-refractivity contribution in [2.45, 2.75) is 52.0 Å². The van der Waals surface area contributed by atoms with Gasteiger partial charge in [-0.1, -0.05) is 43.6 Å². The molecule has 3 rings (SSSR count). The van der Waals surface area contributed by atoms with Gasteiger partial charge in [0.1, 0.15) is 0 Å². The van der Waals surface area contributed by atoms with Crippen LogP contribution in [0.4, 0.5) is 11.4 Å². The summed E-state index contributed by atoms with van der Waals surface area (Å²) in [6.07, 6.45) is 4.25. The van der Waals surface area contributed by atoms with Crippen LogP contribution in [0.1, 0.15) is 57.6 Å². The van der Waals surface area contributed by atoms with Crippen molar-refractivity contribution in [2.24, 2.45) is 4.99 Å². The largest absolute Gasteiger partial charge is 0.366 e. The van der Waals surface area contributed by atoms with Gasteiger partial charge in [0.25, 0.3) is 0 Å². The van der Waals surface area contributed by atoms with E-state index in [1.165, 1.54) is 17.7 Å².